The van der Waals surface area contributed by atoms with E-state index in [4.69, 9.17) is 0 Å². The Labute approximate surface area is 165 Å². The summed E-state index contributed by atoms with van der Waals surface area (Å²) in [6.07, 6.45) is 7.12. The topological polar surface area (TPSA) is 65.5 Å². The van der Waals surface area contributed by atoms with Crippen LogP contribution in [0.1, 0.15) is 41.6 Å². The van der Waals surface area contributed by atoms with Crippen molar-refractivity contribution < 1.29 is 9.59 Å². The second kappa shape index (κ2) is 8.42. The van der Waals surface area contributed by atoms with Crippen LogP contribution in [0.2, 0.25) is 0 Å². The van der Waals surface area contributed by atoms with Crippen LogP contribution in [0.3, 0.4) is 0 Å². The van der Waals surface area contributed by atoms with Crippen LogP contribution >= 0.6 is 0 Å². The molecule has 2 saturated heterocycles. The summed E-state index contributed by atoms with van der Waals surface area (Å²) < 4.78 is 0. The monoisotopic (exact) mass is 378 g/mol. The minimum absolute atomic E-state index is 0.0113. The van der Waals surface area contributed by atoms with E-state index in [1.54, 1.807) is 12.4 Å². The molecule has 2 aromatic rings. The van der Waals surface area contributed by atoms with Gasteiger partial charge in [0.25, 0.3) is 5.91 Å². The van der Waals surface area contributed by atoms with Gasteiger partial charge >= 0.3 is 0 Å². The van der Waals surface area contributed by atoms with Crippen LogP contribution in [0, 0.1) is 0 Å². The van der Waals surface area contributed by atoms with Gasteiger partial charge in [0, 0.05) is 56.7 Å². The summed E-state index contributed by atoms with van der Waals surface area (Å²) in [5.41, 5.74) is 2.79. The molecule has 2 fully saturated rings. The number of amides is 2. The van der Waals surface area contributed by atoms with Crippen molar-refractivity contribution in [2.24, 2.45) is 0 Å². The summed E-state index contributed by atoms with van der Waals surface area (Å²) in [6, 6.07) is 11.8. The van der Waals surface area contributed by atoms with Gasteiger partial charge in [-0.15, -0.1) is 0 Å². The molecule has 3 heterocycles. The molecule has 2 aliphatic rings. The van der Waals surface area contributed by atoms with Crippen LogP contribution in [0.5, 0.6) is 0 Å². The highest BCUT2D eigenvalue weighted by atomic mass is 16.2. The first-order valence-electron chi connectivity index (χ1n) is 10.0. The van der Waals surface area contributed by atoms with Gasteiger partial charge in [0.1, 0.15) is 0 Å². The van der Waals surface area contributed by atoms with Gasteiger partial charge in [0.05, 0.1) is 5.56 Å². The zero-order valence-electron chi connectivity index (χ0n) is 16.0. The highest BCUT2D eigenvalue weighted by Crippen LogP contribution is 2.26. The summed E-state index contributed by atoms with van der Waals surface area (Å²) in [5, 5.41) is 2.99. The van der Waals surface area contributed by atoms with E-state index in [2.05, 4.69) is 15.2 Å². The highest BCUT2D eigenvalue weighted by molar-refractivity contribution is 6.00. The minimum Gasteiger partial charge on any atom is -0.371 e. The molecule has 28 heavy (non-hydrogen) atoms. The molecule has 0 unspecified atom stereocenters. The number of para-hydroxylation sites is 1. The SMILES string of the molecule is O=C1CC[C@@H](CN(Cc2ccncc2)C(=O)c2ccccc2N2CCCC2)N1. The Kier molecular flexibility index (Phi) is 5.55. The van der Waals surface area contributed by atoms with Crippen molar-refractivity contribution in [2.45, 2.75) is 38.3 Å². The maximum atomic E-state index is 13.6. The molecule has 1 aromatic carbocycles. The fourth-order valence-electron chi connectivity index (χ4n) is 4.07. The van der Waals surface area contributed by atoms with E-state index in [0.29, 0.717) is 19.5 Å². The number of benzene rings is 1. The normalized spacial score (nSPS) is 18.9. The van der Waals surface area contributed by atoms with E-state index in [0.717, 1.165) is 49.2 Å². The summed E-state index contributed by atoms with van der Waals surface area (Å²) in [5.74, 6) is 0.0826. The molecular formula is C22H26N4O2. The van der Waals surface area contributed by atoms with Gasteiger partial charge in [0.15, 0.2) is 0 Å². The molecule has 0 saturated carbocycles. The van der Waals surface area contributed by atoms with Crippen LogP contribution in [0.25, 0.3) is 0 Å². The number of nitrogens with one attached hydrogen (secondary N) is 1. The van der Waals surface area contributed by atoms with Crippen molar-refractivity contribution in [2.75, 3.05) is 24.5 Å². The molecule has 0 spiro atoms. The third-order valence-electron chi connectivity index (χ3n) is 5.52. The van der Waals surface area contributed by atoms with E-state index >= 15 is 0 Å². The molecule has 2 aliphatic heterocycles. The largest absolute Gasteiger partial charge is 0.371 e. The molecular weight excluding hydrogens is 352 g/mol. The Bertz CT molecular complexity index is 833. The third-order valence-corrected chi connectivity index (χ3v) is 5.52. The Morgan fingerprint density at radius 1 is 1.14 bits per heavy atom. The lowest BCUT2D eigenvalue weighted by Gasteiger charge is -2.28. The fourth-order valence-corrected chi connectivity index (χ4v) is 4.07. The molecule has 146 valence electrons. The van der Waals surface area contributed by atoms with Crippen molar-refractivity contribution in [1.82, 2.24) is 15.2 Å². The molecule has 6 nitrogen and oxygen atoms in total. The second-order valence-electron chi connectivity index (χ2n) is 7.56. The maximum absolute atomic E-state index is 13.6. The maximum Gasteiger partial charge on any atom is 0.256 e. The number of rotatable bonds is 6. The van der Waals surface area contributed by atoms with E-state index < -0.39 is 0 Å². The zero-order chi connectivity index (χ0) is 19.3. The van der Waals surface area contributed by atoms with Gasteiger partial charge in [-0.05, 0) is 49.1 Å². The van der Waals surface area contributed by atoms with E-state index in [9.17, 15) is 9.59 Å². The van der Waals surface area contributed by atoms with Gasteiger partial charge in [-0.1, -0.05) is 12.1 Å². The summed E-state index contributed by atoms with van der Waals surface area (Å²) in [6.45, 7) is 3.00. The number of hydrogen-bond donors (Lipinski definition) is 1. The molecule has 2 amide bonds. The van der Waals surface area contributed by atoms with Crippen molar-refractivity contribution in [3.63, 3.8) is 0 Å². The lowest BCUT2D eigenvalue weighted by molar-refractivity contribution is -0.119. The number of anilines is 1. The Hall–Kier alpha value is -2.89. The van der Waals surface area contributed by atoms with Gasteiger partial charge in [-0.2, -0.15) is 0 Å². The Morgan fingerprint density at radius 2 is 1.89 bits per heavy atom. The second-order valence-corrected chi connectivity index (χ2v) is 7.56. The van der Waals surface area contributed by atoms with Crippen LogP contribution in [0.15, 0.2) is 48.8 Å². The van der Waals surface area contributed by atoms with Crippen molar-refractivity contribution >= 4 is 17.5 Å². The quantitative estimate of drug-likeness (QED) is 0.839. The molecule has 0 aliphatic carbocycles. The molecule has 1 aromatic heterocycles. The minimum atomic E-state index is 0.0113. The predicted molar refractivity (Wildman–Crippen MR) is 108 cm³/mol. The molecule has 0 radical (unpaired) electrons. The smallest absolute Gasteiger partial charge is 0.256 e. The first-order chi connectivity index (χ1) is 13.7. The predicted octanol–water partition coefficient (Wildman–Crippen LogP) is 2.60. The molecule has 4 rings (SSSR count). The number of carbonyl (C=O) groups excluding carboxylic acids is 2. The molecule has 1 atom stereocenters. The average molecular weight is 378 g/mol. The van der Waals surface area contributed by atoms with Crippen LogP contribution in [-0.2, 0) is 11.3 Å². The van der Waals surface area contributed by atoms with Crippen molar-refractivity contribution in [3.05, 3.63) is 59.9 Å². The molecule has 6 heteroatoms. The van der Waals surface area contributed by atoms with Gasteiger partial charge < -0.3 is 15.1 Å². The van der Waals surface area contributed by atoms with Crippen LogP contribution in [-0.4, -0.2) is 47.4 Å². The van der Waals surface area contributed by atoms with E-state index in [1.165, 1.54) is 0 Å². The lowest BCUT2D eigenvalue weighted by Crippen LogP contribution is -2.42. The number of carbonyl (C=O) groups is 2. The van der Waals surface area contributed by atoms with E-state index in [1.807, 2.05) is 41.3 Å². The van der Waals surface area contributed by atoms with Crippen molar-refractivity contribution in [1.29, 1.82) is 0 Å². The highest BCUT2D eigenvalue weighted by Gasteiger charge is 2.28. The Morgan fingerprint density at radius 3 is 2.61 bits per heavy atom. The van der Waals surface area contributed by atoms with Crippen LogP contribution in [0.4, 0.5) is 5.69 Å². The summed E-state index contributed by atoms with van der Waals surface area (Å²) in [4.78, 5) is 33.4. The van der Waals surface area contributed by atoms with E-state index in [-0.39, 0.29) is 17.9 Å². The van der Waals surface area contributed by atoms with Gasteiger partial charge in [-0.3, -0.25) is 14.6 Å². The first-order valence-corrected chi connectivity index (χ1v) is 10.0. The Balaban J connectivity index is 1.60. The fraction of sp³-hybridized carbons (Fsp3) is 0.409. The summed E-state index contributed by atoms with van der Waals surface area (Å²) in [7, 11) is 0. The molecule has 0 bridgehead atoms. The lowest BCUT2D eigenvalue weighted by atomic mass is 10.1. The number of aromatic nitrogens is 1. The molecule has 1 N–H and O–H groups in total. The van der Waals surface area contributed by atoms with Gasteiger partial charge in [-0.25, -0.2) is 0 Å². The summed E-state index contributed by atoms with van der Waals surface area (Å²) >= 11 is 0. The zero-order valence-corrected chi connectivity index (χ0v) is 16.0. The first kappa shape index (κ1) is 18.5. The number of hydrogen-bond acceptors (Lipinski definition) is 4. The number of nitrogens with zero attached hydrogens (tertiary/aromatic N) is 3. The van der Waals surface area contributed by atoms with Crippen molar-refractivity contribution in [3.8, 4) is 0 Å². The number of pyridine rings is 1. The average Bonchev–Trinajstić information content (AvgIpc) is 3.40. The standard InChI is InChI=1S/C22H26N4O2/c27-21-8-7-18(24-21)16-26(15-17-9-11-23-12-10-17)22(28)19-5-1-2-6-20(19)25-13-3-4-14-25/h1-2,5-6,9-12,18H,3-4,7-8,13-16H2,(H,24,27)/t18-/m0/s1. The third kappa shape index (κ3) is 4.16. The van der Waals surface area contributed by atoms with Gasteiger partial charge in [0.2, 0.25) is 5.91 Å². The van der Waals surface area contributed by atoms with Crippen LogP contribution < -0.4 is 10.2 Å².